The highest BCUT2D eigenvalue weighted by molar-refractivity contribution is 7.85. The molecule has 0 aliphatic carbocycles. The summed E-state index contributed by atoms with van der Waals surface area (Å²) in [5.74, 6) is 0.372. The number of aryl methyl sites for hydroxylation is 1. The molecule has 1 amide bonds. The maximum Gasteiger partial charge on any atom is 0.410 e. The number of likely N-dealkylation sites (tertiary alicyclic amines) is 1. The number of hydrogen-bond donors (Lipinski definition) is 0. The Morgan fingerprint density at radius 2 is 2.09 bits per heavy atom. The van der Waals surface area contributed by atoms with Crippen LogP contribution >= 0.6 is 0 Å². The number of amides is 1. The Morgan fingerprint density at radius 3 is 2.70 bits per heavy atom. The van der Waals surface area contributed by atoms with Crippen molar-refractivity contribution in [3.05, 3.63) is 17.8 Å². The van der Waals surface area contributed by atoms with Gasteiger partial charge in [0, 0.05) is 12.6 Å². The lowest BCUT2D eigenvalue weighted by Gasteiger charge is -2.36. The number of ether oxygens (including phenoxy) is 1. The molecule has 1 aromatic rings. The molecule has 2 rings (SSSR count). The molecule has 0 spiro atoms. The fourth-order valence-corrected chi connectivity index (χ4v) is 3.72. The summed E-state index contributed by atoms with van der Waals surface area (Å²) in [6.45, 7) is 8.04. The molecule has 6 nitrogen and oxygen atoms in total. The molecule has 7 heteroatoms. The minimum atomic E-state index is -1.27. The molecule has 1 fully saturated rings. The van der Waals surface area contributed by atoms with Crippen molar-refractivity contribution < 1.29 is 13.7 Å². The van der Waals surface area contributed by atoms with Crippen molar-refractivity contribution in [3.63, 3.8) is 0 Å². The SMILES string of the molecule is Cc1ccc([S@](=O)C[C@H]2CCCCN2C(=O)OC(C)(C)C)nn1. The first kappa shape index (κ1) is 17.8. The van der Waals surface area contributed by atoms with Crippen molar-refractivity contribution in [2.24, 2.45) is 0 Å². The summed E-state index contributed by atoms with van der Waals surface area (Å²) in [7, 11) is -1.27. The molecular formula is C16H25N3O3S. The Bertz CT molecular complexity index is 569. The van der Waals surface area contributed by atoms with E-state index in [0.717, 1.165) is 25.0 Å². The molecule has 0 bridgehead atoms. The fourth-order valence-electron chi connectivity index (χ4n) is 2.50. The second kappa shape index (κ2) is 7.38. The number of carbonyl (C=O) groups is 1. The predicted octanol–water partition coefficient (Wildman–Crippen LogP) is 2.68. The molecule has 23 heavy (non-hydrogen) atoms. The van der Waals surface area contributed by atoms with E-state index in [9.17, 15) is 9.00 Å². The molecule has 0 radical (unpaired) electrons. The Labute approximate surface area is 140 Å². The lowest BCUT2D eigenvalue weighted by atomic mass is 10.0. The van der Waals surface area contributed by atoms with Crippen LogP contribution in [0.2, 0.25) is 0 Å². The van der Waals surface area contributed by atoms with Crippen LogP contribution in [-0.4, -0.2) is 49.3 Å². The molecule has 128 valence electrons. The van der Waals surface area contributed by atoms with E-state index < -0.39 is 16.4 Å². The van der Waals surface area contributed by atoms with E-state index in [1.54, 1.807) is 17.0 Å². The van der Waals surface area contributed by atoms with Crippen LogP contribution < -0.4 is 0 Å². The Kier molecular flexibility index (Phi) is 5.73. The Balaban J connectivity index is 2.04. The zero-order valence-electron chi connectivity index (χ0n) is 14.2. The van der Waals surface area contributed by atoms with Gasteiger partial charge in [-0.15, -0.1) is 5.10 Å². The summed E-state index contributed by atoms with van der Waals surface area (Å²) < 4.78 is 18.0. The maximum atomic E-state index is 12.5. The Hall–Kier alpha value is -1.50. The molecule has 1 saturated heterocycles. The van der Waals surface area contributed by atoms with Crippen molar-refractivity contribution in [3.8, 4) is 0 Å². The lowest BCUT2D eigenvalue weighted by Crippen LogP contribution is -2.48. The normalized spacial score (nSPS) is 20.2. The number of rotatable bonds is 3. The molecule has 0 N–H and O–H groups in total. The van der Waals surface area contributed by atoms with Gasteiger partial charge in [-0.1, -0.05) is 0 Å². The zero-order valence-corrected chi connectivity index (χ0v) is 15.1. The van der Waals surface area contributed by atoms with E-state index in [0.29, 0.717) is 17.3 Å². The van der Waals surface area contributed by atoms with Crippen LogP contribution in [0.15, 0.2) is 17.2 Å². The number of carbonyl (C=O) groups excluding carboxylic acids is 1. The third-order valence-electron chi connectivity index (χ3n) is 3.61. The quantitative estimate of drug-likeness (QED) is 0.846. The highest BCUT2D eigenvalue weighted by Gasteiger charge is 2.31. The van der Waals surface area contributed by atoms with Crippen LogP contribution in [0.5, 0.6) is 0 Å². The van der Waals surface area contributed by atoms with E-state index in [2.05, 4.69) is 10.2 Å². The first-order chi connectivity index (χ1) is 10.8. The molecule has 1 aliphatic rings. The monoisotopic (exact) mass is 339 g/mol. The zero-order chi connectivity index (χ0) is 17.0. The predicted molar refractivity (Wildman–Crippen MR) is 88.6 cm³/mol. The molecule has 2 heterocycles. The van der Waals surface area contributed by atoms with E-state index in [-0.39, 0.29) is 12.1 Å². The van der Waals surface area contributed by atoms with Gasteiger partial charge in [-0.05, 0) is 59.1 Å². The standard InChI is InChI=1S/C16H25N3O3S/c1-12-8-9-14(18-17-12)23(21)11-13-7-5-6-10-19(13)15(20)22-16(2,3)4/h8-9,13H,5-7,10-11H2,1-4H3/t13-,23-/m1/s1. The third-order valence-corrected chi connectivity index (χ3v) is 4.98. The lowest BCUT2D eigenvalue weighted by molar-refractivity contribution is 0.0125. The fraction of sp³-hybridized carbons (Fsp3) is 0.688. The van der Waals surface area contributed by atoms with Crippen LogP contribution in [0.4, 0.5) is 4.79 Å². The van der Waals surface area contributed by atoms with Crippen molar-refractivity contribution >= 4 is 16.9 Å². The smallest absolute Gasteiger partial charge is 0.410 e. The van der Waals surface area contributed by atoms with Gasteiger partial charge in [0.05, 0.1) is 22.2 Å². The highest BCUT2D eigenvalue weighted by atomic mass is 32.2. The van der Waals surface area contributed by atoms with Gasteiger partial charge in [-0.25, -0.2) is 4.79 Å². The maximum absolute atomic E-state index is 12.5. The molecular weight excluding hydrogens is 314 g/mol. The van der Waals surface area contributed by atoms with Crippen LogP contribution in [-0.2, 0) is 15.5 Å². The largest absolute Gasteiger partial charge is 0.444 e. The minimum Gasteiger partial charge on any atom is -0.444 e. The van der Waals surface area contributed by atoms with E-state index in [1.165, 1.54) is 0 Å². The average Bonchev–Trinajstić information content (AvgIpc) is 2.46. The molecule has 1 aliphatic heterocycles. The van der Waals surface area contributed by atoms with Gasteiger partial charge in [0.15, 0.2) is 0 Å². The van der Waals surface area contributed by atoms with Crippen LogP contribution in [0.1, 0.15) is 45.7 Å². The number of nitrogens with zero attached hydrogens (tertiary/aromatic N) is 3. The topological polar surface area (TPSA) is 72.4 Å². The second-order valence-corrected chi connectivity index (χ2v) is 8.29. The van der Waals surface area contributed by atoms with Gasteiger partial charge in [0.25, 0.3) is 0 Å². The van der Waals surface area contributed by atoms with Crippen molar-refractivity contribution in [1.82, 2.24) is 15.1 Å². The minimum absolute atomic E-state index is 0.0810. The van der Waals surface area contributed by atoms with Gasteiger partial charge < -0.3 is 9.64 Å². The summed E-state index contributed by atoms with van der Waals surface area (Å²) in [4.78, 5) is 14.1. The molecule has 2 atom stereocenters. The summed E-state index contributed by atoms with van der Waals surface area (Å²) in [5, 5.41) is 8.40. The number of hydrogen-bond acceptors (Lipinski definition) is 5. The van der Waals surface area contributed by atoms with E-state index >= 15 is 0 Å². The van der Waals surface area contributed by atoms with Crippen LogP contribution in [0.3, 0.4) is 0 Å². The van der Waals surface area contributed by atoms with Gasteiger partial charge in [0.2, 0.25) is 0 Å². The molecule has 0 unspecified atom stereocenters. The first-order valence-corrected chi connectivity index (χ1v) is 9.26. The molecule has 0 saturated carbocycles. The summed E-state index contributed by atoms with van der Waals surface area (Å²) >= 11 is 0. The van der Waals surface area contributed by atoms with Gasteiger partial charge in [-0.3, -0.25) is 4.21 Å². The van der Waals surface area contributed by atoms with Gasteiger partial charge in [0.1, 0.15) is 10.6 Å². The Morgan fingerprint density at radius 1 is 1.35 bits per heavy atom. The van der Waals surface area contributed by atoms with Gasteiger partial charge >= 0.3 is 6.09 Å². The highest BCUT2D eigenvalue weighted by Crippen LogP contribution is 2.22. The van der Waals surface area contributed by atoms with Crippen LogP contribution in [0.25, 0.3) is 0 Å². The van der Waals surface area contributed by atoms with E-state index in [4.69, 9.17) is 4.74 Å². The summed E-state index contributed by atoms with van der Waals surface area (Å²) in [6.07, 6.45) is 2.49. The van der Waals surface area contributed by atoms with Crippen LogP contribution in [0, 0.1) is 6.92 Å². The van der Waals surface area contributed by atoms with Crippen molar-refractivity contribution in [2.75, 3.05) is 12.3 Å². The third kappa shape index (κ3) is 5.27. The second-order valence-electron chi connectivity index (χ2n) is 6.85. The average molecular weight is 339 g/mol. The summed E-state index contributed by atoms with van der Waals surface area (Å²) in [5.41, 5.74) is 0.263. The van der Waals surface area contributed by atoms with Crippen molar-refractivity contribution in [2.45, 2.75) is 63.6 Å². The first-order valence-electron chi connectivity index (χ1n) is 7.94. The molecule has 0 aromatic carbocycles. The van der Waals surface area contributed by atoms with E-state index in [1.807, 2.05) is 27.7 Å². The number of piperidine rings is 1. The van der Waals surface area contributed by atoms with Gasteiger partial charge in [-0.2, -0.15) is 5.10 Å². The molecule has 1 aromatic heterocycles. The summed E-state index contributed by atoms with van der Waals surface area (Å²) in [6, 6.07) is 3.45. The number of aromatic nitrogens is 2. The van der Waals surface area contributed by atoms with Crippen molar-refractivity contribution in [1.29, 1.82) is 0 Å².